The van der Waals surface area contributed by atoms with E-state index < -0.39 is 17.4 Å². The highest BCUT2D eigenvalue weighted by atomic mass is 16.5. The predicted octanol–water partition coefficient (Wildman–Crippen LogP) is 2.82. The number of nitrogens with zero attached hydrogens (tertiary/aromatic N) is 2. The predicted molar refractivity (Wildman–Crippen MR) is 136 cm³/mol. The van der Waals surface area contributed by atoms with Gasteiger partial charge in [0.1, 0.15) is 18.4 Å². The minimum atomic E-state index is -0.757. The Morgan fingerprint density at radius 3 is 2.51 bits per heavy atom. The number of aryl methyl sites for hydroxylation is 1. The minimum absolute atomic E-state index is 0.142. The highest BCUT2D eigenvalue weighted by Crippen LogP contribution is 2.37. The Bertz CT molecular complexity index is 1150. The number of likely N-dealkylation sites (tertiary alicyclic amines) is 1. The molecule has 0 bridgehead atoms. The highest BCUT2D eigenvalue weighted by Gasteiger charge is 2.46. The first-order chi connectivity index (χ1) is 17.7. The van der Waals surface area contributed by atoms with Crippen LogP contribution in [-0.4, -0.2) is 71.7 Å². The zero-order chi connectivity index (χ0) is 26.6. The number of hydrogen-bond acceptors (Lipinski definition) is 6. The van der Waals surface area contributed by atoms with Gasteiger partial charge in [0.15, 0.2) is 0 Å². The molecule has 2 aliphatic heterocycles. The Kier molecular flexibility index (Phi) is 7.99. The molecule has 2 atom stereocenters. The summed E-state index contributed by atoms with van der Waals surface area (Å²) in [6.45, 7) is 8.42. The number of carbonyl (C=O) groups is 3. The molecule has 2 fully saturated rings. The monoisotopic (exact) mass is 510 g/mol. The van der Waals surface area contributed by atoms with Crippen molar-refractivity contribution in [2.75, 3.05) is 38.2 Å². The molecule has 0 aromatic heterocycles. The van der Waals surface area contributed by atoms with Crippen molar-refractivity contribution in [3.63, 3.8) is 0 Å². The van der Waals surface area contributed by atoms with Crippen molar-refractivity contribution in [2.24, 2.45) is 0 Å². The number of hydrogen-bond donors (Lipinski definition) is 3. The number of rotatable bonds is 7. The van der Waals surface area contributed by atoms with Crippen molar-refractivity contribution in [1.82, 2.24) is 15.3 Å². The maximum atomic E-state index is 13.1. The number of ether oxygens (including phenoxy) is 2. The molecule has 10 heteroatoms. The molecule has 2 aromatic rings. The summed E-state index contributed by atoms with van der Waals surface area (Å²) in [6.07, 6.45) is 0.567. The van der Waals surface area contributed by atoms with Crippen LogP contribution in [0.1, 0.15) is 37.0 Å². The maximum Gasteiger partial charge on any atom is 0.321 e. The van der Waals surface area contributed by atoms with Crippen molar-refractivity contribution < 1.29 is 29.1 Å². The number of morpholine rings is 1. The van der Waals surface area contributed by atoms with Crippen LogP contribution < -0.4 is 15.5 Å². The topological polar surface area (TPSA) is 120 Å². The zero-order valence-corrected chi connectivity index (χ0v) is 21.5. The van der Waals surface area contributed by atoms with Crippen molar-refractivity contribution in [2.45, 2.75) is 45.3 Å². The second kappa shape index (κ2) is 11.2. The fourth-order valence-electron chi connectivity index (χ4n) is 4.81. The Morgan fingerprint density at radius 2 is 1.84 bits per heavy atom. The number of amides is 4. The fourth-order valence-corrected chi connectivity index (χ4v) is 4.81. The summed E-state index contributed by atoms with van der Waals surface area (Å²) in [7, 11) is 0. The lowest BCUT2D eigenvalue weighted by molar-refractivity contribution is -0.143. The van der Waals surface area contributed by atoms with Crippen LogP contribution in [0.25, 0.3) is 0 Å². The second-order valence-electron chi connectivity index (χ2n) is 9.78. The molecule has 2 unspecified atom stereocenters. The summed E-state index contributed by atoms with van der Waals surface area (Å²) in [4.78, 5) is 40.7. The lowest BCUT2D eigenvalue weighted by Crippen LogP contribution is -2.47. The third-order valence-electron chi connectivity index (χ3n) is 7.13. The molecule has 10 nitrogen and oxygen atoms in total. The fraction of sp³-hybridized carbons (Fsp3) is 0.444. The molecule has 0 saturated carbocycles. The molecule has 198 valence electrons. The Balaban J connectivity index is 1.38. The van der Waals surface area contributed by atoms with Gasteiger partial charge in [0.25, 0.3) is 5.91 Å². The van der Waals surface area contributed by atoms with Crippen molar-refractivity contribution in [3.8, 4) is 5.75 Å². The van der Waals surface area contributed by atoms with Gasteiger partial charge in [-0.05, 0) is 68.1 Å². The van der Waals surface area contributed by atoms with Gasteiger partial charge < -0.3 is 24.6 Å². The third kappa shape index (κ3) is 5.86. The van der Waals surface area contributed by atoms with Gasteiger partial charge in [-0.3, -0.25) is 14.8 Å². The van der Waals surface area contributed by atoms with E-state index in [0.717, 1.165) is 16.7 Å². The molecule has 4 rings (SSSR count). The van der Waals surface area contributed by atoms with E-state index in [0.29, 0.717) is 57.3 Å². The van der Waals surface area contributed by atoms with Gasteiger partial charge in [0.05, 0.1) is 18.6 Å². The van der Waals surface area contributed by atoms with Gasteiger partial charge >= 0.3 is 6.03 Å². The Labute approximate surface area is 216 Å². The van der Waals surface area contributed by atoms with Gasteiger partial charge in [0.2, 0.25) is 5.91 Å². The minimum Gasteiger partial charge on any atom is -0.489 e. The summed E-state index contributed by atoms with van der Waals surface area (Å²) in [5, 5.41) is 11.9. The summed E-state index contributed by atoms with van der Waals surface area (Å²) >= 11 is 0. The Morgan fingerprint density at radius 1 is 1.14 bits per heavy atom. The molecule has 0 aliphatic carbocycles. The normalized spacial score (nSPS) is 20.5. The molecule has 2 heterocycles. The smallest absolute Gasteiger partial charge is 0.321 e. The van der Waals surface area contributed by atoms with Crippen molar-refractivity contribution in [1.29, 1.82) is 0 Å². The van der Waals surface area contributed by atoms with E-state index >= 15 is 0 Å². The molecule has 4 amide bonds. The number of nitrogens with one attached hydrogen (secondary N) is 2. The number of urea groups is 1. The average molecular weight is 511 g/mol. The molecule has 2 aliphatic rings. The van der Waals surface area contributed by atoms with Gasteiger partial charge in [-0.15, -0.1) is 0 Å². The average Bonchev–Trinajstić information content (AvgIpc) is 3.22. The molecule has 2 aromatic carbocycles. The molecule has 3 N–H and O–H groups in total. The number of carbonyl (C=O) groups excluding carboxylic acids is 3. The van der Waals surface area contributed by atoms with Gasteiger partial charge in [-0.25, -0.2) is 10.3 Å². The second-order valence-corrected chi connectivity index (χ2v) is 9.78. The quantitative estimate of drug-likeness (QED) is 0.389. The van der Waals surface area contributed by atoms with Crippen LogP contribution >= 0.6 is 0 Å². The van der Waals surface area contributed by atoms with Crippen LogP contribution in [-0.2, 0) is 26.3 Å². The summed E-state index contributed by atoms with van der Waals surface area (Å²) in [5.74, 6) is -0.104. The van der Waals surface area contributed by atoms with E-state index in [4.69, 9.17) is 14.7 Å². The van der Waals surface area contributed by atoms with Crippen LogP contribution in [0.15, 0.2) is 42.5 Å². The summed E-state index contributed by atoms with van der Waals surface area (Å²) in [6, 6.07) is 12.3. The lowest BCUT2D eigenvalue weighted by Gasteiger charge is -2.27. The van der Waals surface area contributed by atoms with E-state index in [-0.39, 0.29) is 11.9 Å². The van der Waals surface area contributed by atoms with Crippen molar-refractivity contribution >= 4 is 23.5 Å². The molecule has 2 saturated heterocycles. The lowest BCUT2D eigenvalue weighted by atomic mass is 9.81. The summed E-state index contributed by atoms with van der Waals surface area (Å²) in [5.41, 5.74) is 4.35. The van der Waals surface area contributed by atoms with E-state index in [1.54, 1.807) is 17.3 Å². The van der Waals surface area contributed by atoms with Crippen LogP contribution in [0.4, 0.5) is 10.5 Å². The van der Waals surface area contributed by atoms with Crippen LogP contribution in [0.5, 0.6) is 5.75 Å². The first kappa shape index (κ1) is 26.4. The zero-order valence-electron chi connectivity index (χ0n) is 21.5. The summed E-state index contributed by atoms with van der Waals surface area (Å²) < 4.78 is 11.3. The van der Waals surface area contributed by atoms with Gasteiger partial charge in [-0.1, -0.05) is 18.2 Å². The van der Waals surface area contributed by atoms with E-state index in [9.17, 15) is 14.4 Å². The standard InChI is InChI=1S/C27H34N4O6/c1-18-14-20(16-22(15-18)28-26(34)30-10-12-36-13-11-30)17-37-23-6-4-21(5-7-23)27(3)8-9-31(25(27)33)19(2)24(32)29-35/h4-7,14-16,19,35H,8-13,17H2,1-3H3,(H,28,34)(H,29,32). The number of benzene rings is 2. The molecular formula is C27H34N4O6. The Hall–Kier alpha value is -3.63. The first-order valence-corrected chi connectivity index (χ1v) is 12.4. The van der Waals surface area contributed by atoms with Crippen molar-refractivity contribution in [3.05, 3.63) is 59.2 Å². The van der Waals surface area contributed by atoms with Crippen LogP contribution in [0.2, 0.25) is 0 Å². The molecular weight excluding hydrogens is 476 g/mol. The van der Waals surface area contributed by atoms with Gasteiger partial charge in [0, 0.05) is 25.3 Å². The SMILES string of the molecule is Cc1cc(COc2ccc(C3(C)CCN(C(C)C(=O)NO)C3=O)cc2)cc(NC(=O)N2CCOCC2)c1. The largest absolute Gasteiger partial charge is 0.489 e. The van der Waals surface area contributed by atoms with E-state index in [1.807, 2.05) is 56.3 Å². The van der Waals surface area contributed by atoms with Crippen LogP contribution in [0.3, 0.4) is 0 Å². The number of anilines is 1. The molecule has 0 spiro atoms. The highest BCUT2D eigenvalue weighted by molar-refractivity contribution is 5.94. The third-order valence-corrected chi connectivity index (χ3v) is 7.13. The van der Waals surface area contributed by atoms with E-state index in [1.165, 1.54) is 4.90 Å². The maximum absolute atomic E-state index is 13.1. The number of hydroxylamine groups is 1. The molecule has 37 heavy (non-hydrogen) atoms. The molecule has 0 radical (unpaired) electrons. The van der Waals surface area contributed by atoms with E-state index in [2.05, 4.69) is 5.32 Å². The first-order valence-electron chi connectivity index (χ1n) is 12.4. The van der Waals surface area contributed by atoms with Gasteiger partial charge in [-0.2, -0.15) is 0 Å². The van der Waals surface area contributed by atoms with Crippen LogP contribution in [0, 0.1) is 6.92 Å².